The van der Waals surface area contributed by atoms with Crippen LogP contribution in [0.25, 0.3) is 0 Å². The van der Waals surface area contributed by atoms with Crippen LogP contribution in [-0.2, 0) is 6.42 Å². The third kappa shape index (κ3) is 7.52. The third-order valence-corrected chi connectivity index (χ3v) is 4.99. The Kier molecular flexibility index (Phi) is 10.4. The lowest BCUT2D eigenvalue weighted by Gasteiger charge is -2.24. The number of thiophene rings is 1. The van der Waals surface area contributed by atoms with Crippen molar-refractivity contribution in [1.29, 1.82) is 0 Å². The minimum Gasteiger partial charge on any atom is -0.356 e. The van der Waals surface area contributed by atoms with Gasteiger partial charge in [-0.05, 0) is 49.7 Å². The Labute approximate surface area is 176 Å². The second-order valence-corrected chi connectivity index (χ2v) is 7.17. The van der Waals surface area contributed by atoms with Crippen molar-refractivity contribution < 1.29 is 0 Å². The molecule has 1 unspecified atom stereocenters. The first-order valence-corrected chi connectivity index (χ1v) is 9.24. The molecule has 0 aliphatic carbocycles. The Bertz CT molecular complexity index is 646. The lowest BCUT2D eigenvalue weighted by Crippen LogP contribution is -2.42. The van der Waals surface area contributed by atoms with Gasteiger partial charge in [-0.15, -0.1) is 35.3 Å². The molecule has 4 nitrogen and oxygen atoms in total. The van der Waals surface area contributed by atoms with Crippen molar-refractivity contribution in [3.8, 4) is 0 Å². The summed E-state index contributed by atoms with van der Waals surface area (Å²) in [5, 5.41) is 9.66. The highest BCUT2D eigenvalue weighted by atomic mass is 127. The Balaban J connectivity index is 0.00000312. The first kappa shape index (κ1) is 22.2. The summed E-state index contributed by atoms with van der Waals surface area (Å²) in [7, 11) is 5.99. The van der Waals surface area contributed by atoms with E-state index in [4.69, 9.17) is 11.6 Å². The minimum absolute atomic E-state index is 0. The van der Waals surface area contributed by atoms with E-state index >= 15 is 0 Å². The van der Waals surface area contributed by atoms with Gasteiger partial charge < -0.3 is 15.5 Å². The van der Waals surface area contributed by atoms with Crippen molar-refractivity contribution in [2.45, 2.75) is 12.5 Å². The molecule has 0 saturated heterocycles. The lowest BCUT2D eigenvalue weighted by molar-refractivity contribution is 0.302. The van der Waals surface area contributed by atoms with Crippen LogP contribution in [0.3, 0.4) is 0 Å². The van der Waals surface area contributed by atoms with Crippen LogP contribution < -0.4 is 10.6 Å². The van der Waals surface area contributed by atoms with Gasteiger partial charge in [0.25, 0.3) is 0 Å². The average molecular weight is 493 g/mol. The van der Waals surface area contributed by atoms with E-state index in [9.17, 15) is 0 Å². The molecule has 2 N–H and O–H groups in total. The van der Waals surface area contributed by atoms with E-state index in [-0.39, 0.29) is 24.0 Å². The van der Waals surface area contributed by atoms with Gasteiger partial charge in [-0.3, -0.25) is 4.99 Å². The van der Waals surface area contributed by atoms with Crippen LogP contribution in [0.2, 0.25) is 5.02 Å². The number of rotatable bonds is 7. The molecule has 0 aliphatic heterocycles. The smallest absolute Gasteiger partial charge is 0.191 e. The van der Waals surface area contributed by atoms with E-state index in [1.165, 1.54) is 10.4 Å². The number of hydrogen-bond acceptors (Lipinski definition) is 3. The van der Waals surface area contributed by atoms with Gasteiger partial charge in [0.05, 0.1) is 6.04 Å². The van der Waals surface area contributed by atoms with Crippen molar-refractivity contribution in [2.75, 3.05) is 34.2 Å². The Hall–Kier alpha value is -0.830. The zero-order valence-corrected chi connectivity index (χ0v) is 18.7. The molecule has 0 bridgehead atoms. The van der Waals surface area contributed by atoms with Crippen LogP contribution in [0.4, 0.5) is 0 Å². The highest BCUT2D eigenvalue weighted by molar-refractivity contribution is 14.0. The van der Waals surface area contributed by atoms with Crippen molar-refractivity contribution in [1.82, 2.24) is 15.5 Å². The second-order valence-electron chi connectivity index (χ2n) is 5.75. The largest absolute Gasteiger partial charge is 0.356 e. The fourth-order valence-electron chi connectivity index (χ4n) is 2.45. The first-order valence-electron chi connectivity index (χ1n) is 7.99. The number of hydrogen-bond donors (Lipinski definition) is 2. The summed E-state index contributed by atoms with van der Waals surface area (Å²) in [4.78, 5) is 7.87. The van der Waals surface area contributed by atoms with Crippen LogP contribution in [0.5, 0.6) is 0 Å². The third-order valence-electron chi connectivity index (χ3n) is 3.78. The molecule has 0 amide bonds. The summed E-state index contributed by atoms with van der Waals surface area (Å²) in [6.45, 7) is 1.62. The molecular weight excluding hydrogens is 467 g/mol. The molecule has 1 atom stereocenters. The van der Waals surface area contributed by atoms with Gasteiger partial charge in [-0.2, -0.15) is 0 Å². The normalized spacial score (nSPS) is 12.6. The van der Waals surface area contributed by atoms with Crippen LogP contribution in [0, 0.1) is 0 Å². The molecular formula is C18H26ClIN4S. The van der Waals surface area contributed by atoms with Gasteiger partial charge in [0.1, 0.15) is 0 Å². The number of guanidine groups is 1. The van der Waals surface area contributed by atoms with Crippen LogP contribution in [-0.4, -0.2) is 45.1 Å². The van der Waals surface area contributed by atoms with Crippen molar-refractivity contribution in [3.05, 3.63) is 57.2 Å². The first-order chi connectivity index (χ1) is 11.6. The molecule has 25 heavy (non-hydrogen) atoms. The molecule has 138 valence electrons. The van der Waals surface area contributed by atoms with Gasteiger partial charge >= 0.3 is 0 Å². The monoisotopic (exact) mass is 492 g/mol. The average Bonchev–Trinajstić information content (AvgIpc) is 3.07. The maximum Gasteiger partial charge on any atom is 0.191 e. The highest BCUT2D eigenvalue weighted by Gasteiger charge is 2.15. The maximum atomic E-state index is 6.02. The molecule has 2 aromatic rings. The quantitative estimate of drug-likeness (QED) is 0.348. The summed E-state index contributed by atoms with van der Waals surface area (Å²) >= 11 is 7.80. The van der Waals surface area contributed by atoms with Crippen LogP contribution >= 0.6 is 46.9 Å². The summed E-state index contributed by atoms with van der Waals surface area (Å²) in [5.41, 5.74) is 1.22. The number of nitrogens with zero attached hydrogens (tertiary/aromatic N) is 2. The number of nitrogens with one attached hydrogen (secondary N) is 2. The van der Waals surface area contributed by atoms with E-state index in [2.05, 4.69) is 58.2 Å². The number of aliphatic imine (C=N–C) groups is 1. The van der Waals surface area contributed by atoms with Crippen LogP contribution in [0.15, 0.2) is 46.8 Å². The summed E-state index contributed by atoms with van der Waals surface area (Å²) in [5.74, 6) is 0.820. The summed E-state index contributed by atoms with van der Waals surface area (Å²) in [6, 6.07) is 12.6. The zero-order valence-electron chi connectivity index (χ0n) is 14.8. The van der Waals surface area contributed by atoms with Crippen molar-refractivity contribution >= 4 is 52.9 Å². The van der Waals surface area contributed by atoms with Crippen molar-refractivity contribution in [3.63, 3.8) is 0 Å². The molecule has 0 saturated carbocycles. The van der Waals surface area contributed by atoms with Crippen LogP contribution in [0.1, 0.15) is 16.5 Å². The van der Waals surface area contributed by atoms with Gasteiger partial charge in [0, 0.05) is 30.0 Å². The predicted molar refractivity (Wildman–Crippen MR) is 121 cm³/mol. The van der Waals surface area contributed by atoms with E-state index in [1.807, 2.05) is 18.2 Å². The van der Waals surface area contributed by atoms with E-state index in [0.29, 0.717) is 6.04 Å². The fourth-order valence-corrected chi connectivity index (χ4v) is 3.59. The molecule has 0 fully saturated rings. The zero-order chi connectivity index (χ0) is 17.4. The highest BCUT2D eigenvalue weighted by Crippen LogP contribution is 2.22. The minimum atomic E-state index is 0. The van der Waals surface area contributed by atoms with E-state index in [0.717, 1.165) is 30.5 Å². The number of likely N-dealkylation sites (N-methyl/N-ethyl adjacent to an activating group) is 1. The molecule has 7 heteroatoms. The SMILES string of the molecule is CN=C(NCCc1cccc(Cl)c1)NCC(c1cccs1)N(C)C.I. The summed E-state index contributed by atoms with van der Waals surface area (Å²) < 4.78 is 0. The lowest BCUT2D eigenvalue weighted by atomic mass is 10.1. The maximum absolute atomic E-state index is 6.02. The van der Waals surface area contributed by atoms with Gasteiger partial charge in [0.15, 0.2) is 5.96 Å². The second kappa shape index (κ2) is 11.7. The Morgan fingerprint density at radius 3 is 2.64 bits per heavy atom. The molecule has 0 radical (unpaired) electrons. The van der Waals surface area contributed by atoms with E-state index < -0.39 is 0 Å². The fraction of sp³-hybridized carbons (Fsp3) is 0.389. The molecule has 0 aliphatic rings. The molecule has 1 heterocycles. The Morgan fingerprint density at radius 2 is 2.04 bits per heavy atom. The van der Waals surface area contributed by atoms with Gasteiger partial charge in [-0.1, -0.05) is 29.8 Å². The molecule has 2 rings (SSSR count). The molecule has 1 aromatic heterocycles. The number of benzene rings is 1. The molecule has 0 spiro atoms. The standard InChI is InChI=1S/C18H25ClN4S.HI/c1-20-18(21-10-9-14-6-4-7-15(19)12-14)22-13-16(23(2)3)17-8-5-11-24-17;/h4-8,11-12,16H,9-10,13H2,1-3H3,(H2,20,21,22);1H. The van der Waals surface area contributed by atoms with Crippen molar-refractivity contribution in [2.24, 2.45) is 4.99 Å². The van der Waals surface area contributed by atoms with E-state index in [1.54, 1.807) is 18.4 Å². The van der Waals surface area contributed by atoms with Gasteiger partial charge in [0.2, 0.25) is 0 Å². The number of halogens is 2. The topological polar surface area (TPSA) is 39.7 Å². The summed E-state index contributed by atoms with van der Waals surface area (Å²) in [6.07, 6.45) is 0.906. The molecule has 1 aromatic carbocycles. The van der Waals surface area contributed by atoms with Gasteiger partial charge in [-0.25, -0.2) is 0 Å². The predicted octanol–water partition coefficient (Wildman–Crippen LogP) is 4.03. The Morgan fingerprint density at radius 1 is 1.24 bits per heavy atom.